The van der Waals surface area contributed by atoms with E-state index in [9.17, 15) is 9.59 Å². The Morgan fingerprint density at radius 2 is 1.62 bits per heavy atom. The van der Waals surface area contributed by atoms with Gasteiger partial charge in [0.1, 0.15) is 15.6 Å². The number of nitrogens with zero attached hydrogens (tertiary/aromatic N) is 4. The Labute approximate surface area is 205 Å². The molecule has 2 heterocycles. The second-order valence-electron chi connectivity index (χ2n) is 10.0. The Morgan fingerprint density at radius 3 is 2.21 bits per heavy atom. The molecular weight excluding hydrogens is 452 g/mol. The second kappa shape index (κ2) is 10.3. The van der Waals surface area contributed by atoms with E-state index in [1.165, 1.54) is 7.11 Å². The molecule has 1 saturated carbocycles. The smallest absolute Gasteiger partial charge is 0.410 e. The molecule has 0 atom stereocenters. The third-order valence-corrected chi connectivity index (χ3v) is 7.60. The molecule has 1 saturated heterocycles. The maximum absolute atomic E-state index is 12.3. The quantitative estimate of drug-likeness (QED) is 0.579. The molecule has 0 unspecified atom stereocenters. The highest BCUT2D eigenvalue weighted by Crippen LogP contribution is 2.39. The van der Waals surface area contributed by atoms with Crippen molar-refractivity contribution in [3.05, 3.63) is 29.3 Å². The molecule has 1 amide bonds. The number of amides is 1. The van der Waals surface area contributed by atoms with Crippen LogP contribution in [0.3, 0.4) is 0 Å². The van der Waals surface area contributed by atoms with Crippen LogP contribution in [0.15, 0.2) is 24.3 Å². The van der Waals surface area contributed by atoms with Gasteiger partial charge in [-0.2, -0.15) is 0 Å². The average molecular weight is 487 g/mol. The summed E-state index contributed by atoms with van der Waals surface area (Å²) in [7, 11) is 1.46. The van der Waals surface area contributed by atoms with Gasteiger partial charge in [0.15, 0.2) is 0 Å². The number of anilines is 1. The highest BCUT2D eigenvalue weighted by Gasteiger charge is 2.30. The fourth-order valence-corrected chi connectivity index (χ4v) is 5.57. The predicted molar refractivity (Wildman–Crippen MR) is 132 cm³/mol. The Bertz CT molecular complexity index is 985. The van der Waals surface area contributed by atoms with E-state index in [-0.39, 0.29) is 18.0 Å². The maximum Gasteiger partial charge on any atom is 0.410 e. The van der Waals surface area contributed by atoms with Crippen molar-refractivity contribution in [2.45, 2.75) is 58.0 Å². The van der Waals surface area contributed by atoms with E-state index in [0.717, 1.165) is 60.0 Å². The Morgan fingerprint density at radius 1 is 0.971 bits per heavy atom. The van der Waals surface area contributed by atoms with Crippen molar-refractivity contribution >= 4 is 29.1 Å². The van der Waals surface area contributed by atoms with Crippen molar-refractivity contribution in [1.82, 2.24) is 15.1 Å². The number of aromatic nitrogens is 2. The number of carbonyl (C=O) groups is 2. The number of hydrogen-bond acceptors (Lipinski definition) is 8. The molecule has 1 aliphatic heterocycles. The van der Waals surface area contributed by atoms with Crippen LogP contribution in [0, 0.1) is 5.92 Å². The minimum atomic E-state index is -0.475. The van der Waals surface area contributed by atoms with Gasteiger partial charge in [-0.25, -0.2) is 4.79 Å². The zero-order chi connectivity index (χ0) is 24.3. The minimum Gasteiger partial charge on any atom is -0.469 e. The average Bonchev–Trinajstić information content (AvgIpc) is 3.33. The van der Waals surface area contributed by atoms with Crippen LogP contribution in [0.25, 0.3) is 10.6 Å². The fraction of sp³-hybridized carbons (Fsp3) is 0.600. The highest BCUT2D eigenvalue weighted by atomic mass is 32.1. The summed E-state index contributed by atoms with van der Waals surface area (Å²) in [5.74, 6) is 0.294. The van der Waals surface area contributed by atoms with Gasteiger partial charge in [0, 0.05) is 43.3 Å². The number of benzene rings is 1. The first-order valence-corrected chi connectivity index (χ1v) is 12.8. The van der Waals surface area contributed by atoms with Crippen LogP contribution in [0.2, 0.25) is 0 Å². The maximum atomic E-state index is 12.3. The van der Waals surface area contributed by atoms with Crippen LogP contribution < -0.4 is 4.90 Å². The van der Waals surface area contributed by atoms with Gasteiger partial charge in [-0.1, -0.05) is 11.3 Å². The summed E-state index contributed by atoms with van der Waals surface area (Å²) in [6.07, 6.45) is 3.35. The first-order chi connectivity index (χ1) is 16.2. The molecule has 0 bridgehead atoms. The summed E-state index contributed by atoms with van der Waals surface area (Å²) in [5.41, 5.74) is 1.72. The molecule has 9 heteroatoms. The van der Waals surface area contributed by atoms with Crippen LogP contribution in [-0.4, -0.2) is 66.0 Å². The number of esters is 1. The third kappa shape index (κ3) is 5.87. The van der Waals surface area contributed by atoms with Gasteiger partial charge in [0.2, 0.25) is 0 Å². The van der Waals surface area contributed by atoms with Gasteiger partial charge in [-0.05, 0) is 70.7 Å². The molecule has 2 aromatic rings. The summed E-state index contributed by atoms with van der Waals surface area (Å²) in [6, 6.07) is 8.41. The molecule has 0 spiro atoms. The second-order valence-corrected chi connectivity index (χ2v) is 11.0. The number of piperazine rings is 1. The lowest BCUT2D eigenvalue weighted by atomic mass is 9.82. The van der Waals surface area contributed by atoms with E-state index in [0.29, 0.717) is 19.0 Å². The molecule has 184 valence electrons. The molecule has 2 fully saturated rings. The summed E-state index contributed by atoms with van der Waals surface area (Å²) in [6.45, 7) is 8.51. The van der Waals surface area contributed by atoms with Gasteiger partial charge < -0.3 is 19.3 Å². The van der Waals surface area contributed by atoms with E-state index < -0.39 is 5.60 Å². The molecule has 0 radical (unpaired) electrons. The fourth-order valence-electron chi connectivity index (χ4n) is 4.55. The third-order valence-electron chi connectivity index (χ3n) is 6.46. The predicted octanol–water partition coefficient (Wildman–Crippen LogP) is 4.71. The van der Waals surface area contributed by atoms with E-state index >= 15 is 0 Å². The van der Waals surface area contributed by atoms with Crippen molar-refractivity contribution in [3.63, 3.8) is 0 Å². The molecule has 4 rings (SSSR count). The number of methoxy groups -OCH3 is 1. The first kappa shape index (κ1) is 24.4. The highest BCUT2D eigenvalue weighted by molar-refractivity contribution is 7.14. The van der Waals surface area contributed by atoms with Crippen LogP contribution >= 0.6 is 11.3 Å². The topological polar surface area (TPSA) is 84.9 Å². The van der Waals surface area contributed by atoms with Gasteiger partial charge in [-0.15, -0.1) is 10.2 Å². The van der Waals surface area contributed by atoms with Gasteiger partial charge in [0.25, 0.3) is 0 Å². The molecular formula is C25H34N4O4S. The van der Waals surface area contributed by atoms with E-state index in [1.807, 2.05) is 20.8 Å². The lowest BCUT2D eigenvalue weighted by molar-refractivity contribution is -0.146. The molecule has 1 aliphatic carbocycles. The molecule has 8 nitrogen and oxygen atoms in total. The van der Waals surface area contributed by atoms with Crippen molar-refractivity contribution < 1.29 is 19.1 Å². The molecule has 34 heavy (non-hydrogen) atoms. The lowest BCUT2D eigenvalue weighted by Crippen LogP contribution is -2.50. The standard InChI is InChI=1S/C25H34N4O4S/c1-25(2,3)33-24(31)29-15-13-28(14-16-29)20-11-9-18(10-12-20)22-27-26-21(34-22)17-5-7-19(8-6-17)23(30)32-4/h9-12,17,19H,5-8,13-16H2,1-4H3/t17-,19-. The molecule has 0 N–H and O–H groups in total. The van der Waals surface area contributed by atoms with Crippen molar-refractivity contribution in [3.8, 4) is 10.6 Å². The first-order valence-electron chi connectivity index (χ1n) is 12.0. The summed E-state index contributed by atoms with van der Waals surface area (Å²) in [4.78, 5) is 28.1. The number of ether oxygens (including phenoxy) is 2. The molecule has 2 aliphatic rings. The van der Waals surface area contributed by atoms with E-state index in [2.05, 4.69) is 39.4 Å². The van der Waals surface area contributed by atoms with Crippen LogP contribution in [0.1, 0.15) is 57.4 Å². The SMILES string of the molecule is COC(=O)[C@H]1CC[C@H](c2nnc(-c3ccc(N4CCN(C(=O)OC(C)(C)C)CC4)cc3)s2)CC1. The minimum absolute atomic E-state index is 0.0205. The summed E-state index contributed by atoms with van der Waals surface area (Å²) < 4.78 is 10.4. The number of rotatable bonds is 4. The Balaban J connectivity index is 1.31. The molecule has 1 aromatic carbocycles. The Kier molecular flexibility index (Phi) is 7.40. The van der Waals surface area contributed by atoms with Crippen LogP contribution in [0.4, 0.5) is 10.5 Å². The van der Waals surface area contributed by atoms with Gasteiger partial charge in [-0.3, -0.25) is 4.79 Å². The Hall–Kier alpha value is -2.68. The van der Waals surface area contributed by atoms with Gasteiger partial charge in [0.05, 0.1) is 13.0 Å². The molecule has 1 aromatic heterocycles. The zero-order valence-corrected chi connectivity index (χ0v) is 21.3. The number of carbonyl (C=O) groups excluding carboxylic acids is 2. The zero-order valence-electron chi connectivity index (χ0n) is 20.5. The number of hydrogen-bond donors (Lipinski definition) is 0. The van der Waals surface area contributed by atoms with E-state index in [4.69, 9.17) is 9.47 Å². The van der Waals surface area contributed by atoms with Crippen molar-refractivity contribution in [2.75, 3.05) is 38.2 Å². The lowest BCUT2D eigenvalue weighted by Gasteiger charge is -2.36. The van der Waals surface area contributed by atoms with Gasteiger partial charge >= 0.3 is 12.1 Å². The van der Waals surface area contributed by atoms with Crippen LogP contribution in [0.5, 0.6) is 0 Å². The largest absolute Gasteiger partial charge is 0.469 e. The van der Waals surface area contributed by atoms with Crippen molar-refractivity contribution in [1.29, 1.82) is 0 Å². The monoisotopic (exact) mass is 486 g/mol. The van der Waals surface area contributed by atoms with Crippen LogP contribution in [-0.2, 0) is 14.3 Å². The van der Waals surface area contributed by atoms with E-state index in [1.54, 1.807) is 16.2 Å². The van der Waals surface area contributed by atoms with Crippen molar-refractivity contribution in [2.24, 2.45) is 5.92 Å². The summed E-state index contributed by atoms with van der Waals surface area (Å²) >= 11 is 1.65. The summed E-state index contributed by atoms with van der Waals surface area (Å²) in [5, 5.41) is 10.9. The normalized spacial score (nSPS) is 21.3.